The predicted molar refractivity (Wildman–Crippen MR) is 127 cm³/mol. The van der Waals surface area contributed by atoms with E-state index in [1.807, 2.05) is 53.5 Å². The number of aromatic nitrogens is 2. The minimum atomic E-state index is -0.572. The van der Waals surface area contributed by atoms with Crippen molar-refractivity contribution in [1.29, 1.82) is 0 Å². The molecule has 1 aliphatic rings. The van der Waals surface area contributed by atoms with Crippen molar-refractivity contribution in [1.82, 2.24) is 20.8 Å². The van der Waals surface area contributed by atoms with Crippen molar-refractivity contribution >= 4 is 28.3 Å². The van der Waals surface area contributed by atoms with E-state index in [0.29, 0.717) is 24.3 Å². The fourth-order valence-electron chi connectivity index (χ4n) is 3.98. The zero-order chi connectivity index (χ0) is 22.9. The number of nitrogens with one attached hydrogen (secondary N) is 2. The summed E-state index contributed by atoms with van der Waals surface area (Å²) in [5, 5.41) is 7.55. The fraction of sp³-hybridized carbons (Fsp3) is 0.160. The summed E-state index contributed by atoms with van der Waals surface area (Å²) < 4.78 is 14.6. The van der Waals surface area contributed by atoms with Gasteiger partial charge in [0.15, 0.2) is 5.82 Å². The summed E-state index contributed by atoms with van der Waals surface area (Å²) in [5.74, 6) is -0.252. The Kier molecular flexibility index (Phi) is 5.35. The van der Waals surface area contributed by atoms with Crippen molar-refractivity contribution in [3.63, 3.8) is 0 Å². The maximum absolute atomic E-state index is 14.6. The molecule has 2 aromatic heterocycles. The van der Waals surface area contributed by atoms with Gasteiger partial charge < -0.3 is 5.32 Å². The van der Waals surface area contributed by atoms with Crippen LogP contribution in [0.15, 0.2) is 66.9 Å². The minimum Gasteiger partial charge on any atom is -0.352 e. The molecular weight excluding hydrogens is 419 g/mol. The molecule has 0 unspecified atom stereocenters. The zero-order valence-corrected chi connectivity index (χ0v) is 18.3. The molecule has 1 aliphatic heterocycles. The number of hydrogen-bond donors (Lipinski definition) is 2. The van der Waals surface area contributed by atoms with Gasteiger partial charge >= 0.3 is 0 Å². The molecule has 0 saturated heterocycles. The normalized spacial score (nSPS) is 12.8. The first kappa shape index (κ1) is 20.8. The maximum atomic E-state index is 14.6. The summed E-state index contributed by atoms with van der Waals surface area (Å²) in [6, 6.07) is 18.5. The molecule has 3 heterocycles. The average molecular weight is 442 g/mol. The summed E-state index contributed by atoms with van der Waals surface area (Å²) in [6.07, 6.45) is 1.78. The van der Waals surface area contributed by atoms with Crippen molar-refractivity contribution in [2.45, 2.75) is 13.5 Å². The van der Waals surface area contributed by atoms with E-state index in [2.05, 4.69) is 21.9 Å². The molecule has 2 N–H and O–H groups in total. The van der Waals surface area contributed by atoms with Crippen LogP contribution in [-0.2, 0) is 6.54 Å². The molecule has 0 spiro atoms. The number of nitrogens with zero attached hydrogens (tertiary/aromatic N) is 4. The van der Waals surface area contributed by atoms with Crippen LogP contribution < -0.4 is 20.9 Å². The van der Waals surface area contributed by atoms with Gasteiger partial charge in [0.1, 0.15) is 5.82 Å². The van der Waals surface area contributed by atoms with Crippen LogP contribution in [0.5, 0.6) is 0 Å². The molecule has 0 bridgehead atoms. The van der Waals surface area contributed by atoms with Gasteiger partial charge in [0, 0.05) is 30.7 Å². The van der Waals surface area contributed by atoms with Crippen LogP contribution in [0, 0.1) is 5.82 Å². The lowest BCUT2D eigenvalue weighted by atomic mass is 10.1. The molecule has 8 heteroatoms. The van der Waals surface area contributed by atoms with Crippen molar-refractivity contribution in [2.24, 2.45) is 0 Å². The number of carbonyl (C=O) groups is 1. The molecule has 2 aromatic carbocycles. The number of anilines is 2. The highest BCUT2D eigenvalue weighted by Crippen LogP contribution is 2.34. The lowest BCUT2D eigenvalue weighted by Gasteiger charge is -2.19. The van der Waals surface area contributed by atoms with Crippen molar-refractivity contribution < 1.29 is 9.18 Å². The molecule has 0 aliphatic carbocycles. The first-order valence-corrected chi connectivity index (χ1v) is 10.7. The van der Waals surface area contributed by atoms with E-state index < -0.39 is 11.7 Å². The number of benzene rings is 2. The molecule has 166 valence electrons. The quantitative estimate of drug-likeness (QED) is 0.486. The number of rotatable bonds is 5. The molecule has 0 radical (unpaired) electrons. The van der Waals surface area contributed by atoms with Gasteiger partial charge in [-0.25, -0.2) is 9.37 Å². The number of hydrazine groups is 2. The molecule has 1 amide bonds. The number of fused-ring (bicyclic) bond motifs is 2. The second kappa shape index (κ2) is 8.48. The smallest absolute Gasteiger partial charge is 0.254 e. The Hall–Kier alpha value is -4.04. The predicted octanol–water partition coefficient (Wildman–Crippen LogP) is 4.06. The second-order valence-corrected chi connectivity index (χ2v) is 7.87. The van der Waals surface area contributed by atoms with Gasteiger partial charge in [-0.1, -0.05) is 18.2 Å². The van der Waals surface area contributed by atoms with Gasteiger partial charge in [0.2, 0.25) is 0 Å². The first-order valence-electron chi connectivity index (χ1n) is 10.7. The summed E-state index contributed by atoms with van der Waals surface area (Å²) in [6.45, 7) is 2.82. The van der Waals surface area contributed by atoms with Crippen molar-refractivity contribution in [3.8, 4) is 11.3 Å². The van der Waals surface area contributed by atoms with Gasteiger partial charge in [-0.05, 0) is 55.0 Å². The van der Waals surface area contributed by atoms with Crippen molar-refractivity contribution in [3.05, 3.63) is 83.8 Å². The molecule has 4 aromatic rings. The summed E-state index contributed by atoms with van der Waals surface area (Å²) in [7, 11) is 1.92. The third-order valence-corrected chi connectivity index (χ3v) is 5.60. The lowest BCUT2D eigenvalue weighted by molar-refractivity contribution is 0.0952. The Morgan fingerprint density at radius 2 is 2.00 bits per heavy atom. The highest BCUT2D eigenvalue weighted by molar-refractivity contribution is 5.95. The van der Waals surface area contributed by atoms with Gasteiger partial charge in [-0.2, -0.15) is 0 Å². The minimum absolute atomic E-state index is 0.0237. The SMILES string of the molecule is CCNC(=O)c1ccc(-c2ccc3c(n2)N(Cc2ccc4ncccc4c2)NN3C)cc1F. The third-order valence-electron chi connectivity index (χ3n) is 5.60. The zero-order valence-electron chi connectivity index (χ0n) is 18.3. The molecule has 0 saturated carbocycles. The highest BCUT2D eigenvalue weighted by atomic mass is 19.1. The first-order chi connectivity index (χ1) is 16.0. The summed E-state index contributed by atoms with van der Waals surface area (Å²) in [4.78, 5) is 21.2. The summed E-state index contributed by atoms with van der Waals surface area (Å²) >= 11 is 0. The number of amides is 1. The van der Waals surface area contributed by atoms with Crippen LogP contribution in [0.25, 0.3) is 22.2 Å². The Balaban J connectivity index is 1.45. The van der Waals surface area contributed by atoms with Crippen LogP contribution in [0.4, 0.5) is 15.9 Å². The highest BCUT2D eigenvalue weighted by Gasteiger charge is 2.25. The number of pyridine rings is 2. The van der Waals surface area contributed by atoms with E-state index >= 15 is 0 Å². The molecular formula is C25H23FN6O. The number of carbonyl (C=O) groups excluding carboxylic acids is 1. The molecule has 5 rings (SSSR count). The fourth-order valence-corrected chi connectivity index (χ4v) is 3.98. The molecule has 33 heavy (non-hydrogen) atoms. The maximum Gasteiger partial charge on any atom is 0.254 e. The Bertz CT molecular complexity index is 1360. The van der Waals surface area contributed by atoms with Crippen LogP contribution in [0.2, 0.25) is 0 Å². The molecule has 0 atom stereocenters. The van der Waals surface area contributed by atoms with Gasteiger partial charge in [-0.15, -0.1) is 5.53 Å². The standard InChI is InChI=1S/C25H23FN6O/c1-3-27-25(33)19-8-7-18(14-20(19)26)22-10-11-23-24(29-22)32(30-31(23)2)15-16-6-9-21-17(13-16)5-4-12-28-21/h4-14,30H,3,15H2,1-2H3,(H,27,33). The topological polar surface area (TPSA) is 73.4 Å². The number of hydrogen-bond acceptors (Lipinski definition) is 6. The van der Waals surface area contributed by atoms with E-state index in [1.165, 1.54) is 12.1 Å². The van der Waals surface area contributed by atoms with Crippen LogP contribution in [0.3, 0.4) is 0 Å². The van der Waals surface area contributed by atoms with Gasteiger partial charge in [0.25, 0.3) is 5.91 Å². The Morgan fingerprint density at radius 1 is 1.12 bits per heavy atom. The van der Waals surface area contributed by atoms with Crippen LogP contribution in [-0.4, -0.2) is 29.5 Å². The van der Waals surface area contributed by atoms with E-state index in [4.69, 9.17) is 4.98 Å². The van der Waals surface area contributed by atoms with E-state index in [1.54, 1.807) is 19.2 Å². The Morgan fingerprint density at radius 3 is 2.82 bits per heavy atom. The van der Waals surface area contributed by atoms with Gasteiger partial charge in [0.05, 0.1) is 29.0 Å². The Labute approximate surface area is 190 Å². The van der Waals surface area contributed by atoms with E-state index in [-0.39, 0.29) is 5.56 Å². The largest absolute Gasteiger partial charge is 0.352 e. The van der Waals surface area contributed by atoms with Crippen LogP contribution >= 0.6 is 0 Å². The summed E-state index contributed by atoms with van der Waals surface area (Å²) in [5.41, 5.74) is 7.53. The van der Waals surface area contributed by atoms with Crippen molar-refractivity contribution in [2.75, 3.05) is 23.6 Å². The van der Waals surface area contributed by atoms with E-state index in [0.717, 1.165) is 28.0 Å². The van der Waals surface area contributed by atoms with Gasteiger partial charge in [-0.3, -0.25) is 19.8 Å². The third kappa shape index (κ3) is 3.96. The second-order valence-electron chi connectivity index (χ2n) is 7.87. The van der Waals surface area contributed by atoms with Crippen LogP contribution in [0.1, 0.15) is 22.8 Å². The number of halogens is 1. The lowest BCUT2D eigenvalue weighted by Crippen LogP contribution is -2.41. The molecule has 7 nitrogen and oxygen atoms in total. The molecule has 0 fully saturated rings. The monoisotopic (exact) mass is 442 g/mol. The average Bonchev–Trinajstić information content (AvgIpc) is 3.13. The van der Waals surface area contributed by atoms with E-state index in [9.17, 15) is 9.18 Å².